The molecule has 0 radical (unpaired) electrons. The van der Waals surface area contributed by atoms with Gasteiger partial charge in [0, 0.05) is 31.7 Å². The number of anilines is 1. The molecular formula is C20H28N2O2. The highest BCUT2D eigenvalue weighted by atomic mass is 16.2. The van der Waals surface area contributed by atoms with Crippen molar-refractivity contribution in [1.29, 1.82) is 0 Å². The molecule has 24 heavy (non-hydrogen) atoms. The Morgan fingerprint density at radius 3 is 2.29 bits per heavy atom. The van der Waals surface area contributed by atoms with Crippen molar-refractivity contribution in [2.24, 2.45) is 17.8 Å². The van der Waals surface area contributed by atoms with Gasteiger partial charge in [0.25, 0.3) is 0 Å². The first-order valence-electron chi connectivity index (χ1n) is 9.16. The molecule has 130 valence electrons. The second kappa shape index (κ2) is 6.96. The number of likely N-dealkylation sites (tertiary alicyclic amines) is 1. The van der Waals surface area contributed by atoms with Crippen LogP contribution in [-0.2, 0) is 16.0 Å². The molecule has 0 saturated carbocycles. The van der Waals surface area contributed by atoms with Crippen molar-refractivity contribution in [1.82, 2.24) is 4.90 Å². The van der Waals surface area contributed by atoms with E-state index >= 15 is 0 Å². The number of carbonyl (C=O) groups is 2. The van der Waals surface area contributed by atoms with E-state index in [-0.39, 0.29) is 17.7 Å². The van der Waals surface area contributed by atoms with Crippen LogP contribution in [0.15, 0.2) is 24.3 Å². The summed E-state index contributed by atoms with van der Waals surface area (Å²) in [4.78, 5) is 29.0. The summed E-state index contributed by atoms with van der Waals surface area (Å²) in [6.45, 7) is 8.71. The lowest BCUT2D eigenvalue weighted by atomic mass is 9.91. The minimum atomic E-state index is -0.194. The summed E-state index contributed by atoms with van der Waals surface area (Å²) in [7, 11) is 0. The zero-order chi connectivity index (χ0) is 17.3. The summed E-state index contributed by atoms with van der Waals surface area (Å²) in [6.07, 6.45) is 2.51. The van der Waals surface area contributed by atoms with Crippen LogP contribution in [0, 0.1) is 17.8 Å². The Labute approximate surface area is 144 Å². The van der Waals surface area contributed by atoms with Gasteiger partial charge in [-0.15, -0.1) is 0 Å². The Balaban J connectivity index is 1.68. The number of amides is 2. The first-order valence-corrected chi connectivity index (χ1v) is 9.16. The zero-order valence-corrected chi connectivity index (χ0v) is 15.0. The van der Waals surface area contributed by atoms with Gasteiger partial charge in [0.15, 0.2) is 0 Å². The van der Waals surface area contributed by atoms with Gasteiger partial charge in [-0.2, -0.15) is 0 Å². The van der Waals surface area contributed by atoms with Gasteiger partial charge in [-0.1, -0.05) is 32.9 Å². The topological polar surface area (TPSA) is 40.6 Å². The van der Waals surface area contributed by atoms with Crippen LogP contribution < -0.4 is 4.90 Å². The van der Waals surface area contributed by atoms with E-state index < -0.39 is 0 Å². The standard InChI is InChI=1S/C20H28N2O2/c1-4-16-5-7-18(8-6-16)22-13-17(10-19(22)23)20(24)21-11-14(2)9-15(3)12-21/h5-8,14-15,17H,4,9-13H2,1-3H3/t14-,15-,17+/m0/s1. The van der Waals surface area contributed by atoms with Crippen LogP contribution in [0.5, 0.6) is 0 Å². The number of benzene rings is 1. The van der Waals surface area contributed by atoms with Crippen molar-refractivity contribution < 1.29 is 9.59 Å². The molecule has 2 saturated heterocycles. The van der Waals surface area contributed by atoms with Crippen LogP contribution in [0.4, 0.5) is 5.69 Å². The van der Waals surface area contributed by atoms with Crippen LogP contribution in [0.1, 0.15) is 39.2 Å². The summed E-state index contributed by atoms with van der Waals surface area (Å²) >= 11 is 0. The van der Waals surface area contributed by atoms with Gasteiger partial charge in [-0.05, 0) is 42.4 Å². The van der Waals surface area contributed by atoms with Gasteiger partial charge in [0.05, 0.1) is 5.92 Å². The van der Waals surface area contributed by atoms with Crippen LogP contribution in [-0.4, -0.2) is 36.3 Å². The highest BCUT2D eigenvalue weighted by Gasteiger charge is 2.38. The molecule has 2 heterocycles. The quantitative estimate of drug-likeness (QED) is 0.855. The minimum absolute atomic E-state index is 0.0655. The summed E-state index contributed by atoms with van der Waals surface area (Å²) < 4.78 is 0. The molecule has 2 fully saturated rings. The smallest absolute Gasteiger partial charge is 0.228 e. The summed E-state index contributed by atoms with van der Waals surface area (Å²) in [6, 6.07) is 8.11. The molecule has 4 nitrogen and oxygen atoms in total. The lowest BCUT2D eigenvalue weighted by Gasteiger charge is -2.36. The van der Waals surface area contributed by atoms with Gasteiger partial charge in [-0.3, -0.25) is 9.59 Å². The second-order valence-electron chi connectivity index (χ2n) is 7.61. The Bertz CT molecular complexity index is 601. The normalized spacial score (nSPS) is 27.6. The molecular weight excluding hydrogens is 300 g/mol. The van der Waals surface area contributed by atoms with E-state index in [9.17, 15) is 9.59 Å². The van der Waals surface area contributed by atoms with E-state index in [0.29, 0.717) is 24.8 Å². The molecule has 2 aliphatic rings. The molecule has 0 aliphatic carbocycles. The Morgan fingerprint density at radius 2 is 1.71 bits per heavy atom. The predicted octanol–water partition coefficient (Wildman–Crippen LogP) is 3.11. The van der Waals surface area contributed by atoms with E-state index in [1.165, 1.54) is 12.0 Å². The number of aryl methyl sites for hydroxylation is 1. The monoisotopic (exact) mass is 328 g/mol. The molecule has 0 N–H and O–H groups in total. The van der Waals surface area contributed by atoms with Gasteiger partial charge in [0.2, 0.25) is 11.8 Å². The molecule has 3 atom stereocenters. The molecule has 1 aromatic carbocycles. The van der Waals surface area contributed by atoms with Crippen LogP contribution in [0.2, 0.25) is 0 Å². The summed E-state index contributed by atoms with van der Waals surface area (Å²) in [5.74, 6) is 1.13. The fraction of sp³-hybridized carbons (Fsp3) is 0.600. The maximum absolute atomic E-state index is 12.9. The van der Waals surface area contributed by atoms with Gasteiger partial charge in [0.1, 0.15) is 0 Å². The molecule has 0 aromatic heterocycles. The maximum atomic E-state index is 12.9. The number of piperidine rings is 1. The number of hydrogen-bond donors (Lipinski definition) is 0. The average molecular weight is 328 g/mol. The van der Waals surface area contributed by atoms with Crippen LogP contribution in [0.25, 0.3) is 0 Å². The molecule has 3 rings (SSSR count). The Morgan fingerprint density at radius 1 is 1.08 bits per heavy atom. The number of hydrogen-bond acceptors (Lipinski definition) is 2. The SMILES string of the molecule is CCc1ccc(N2C[C@H](C(=O)N3C[C@@H](C)C[C@H](C)C3)CC2=O)cc1. The van der Waals surface area contributed by atoms with Crippen molar-refractivity contribution in [3.05, 3.63) is 29.8 Å². The van der Waals surface area contributed by atoms with Crippen LogP contribution >= 0.6 is 0 Å². The van der Waals surface area contributed by atoms with Crippen molar-refractivity contribution >= 4 is 17.5 Å². The number of nitrogens with zero attached hydrogens (tertiary/aromatic N) is 2. The lowest BCUT2D eigenvalue weighted by molar-refractivity contribution is -0.138. The molecule has 4 heteroatoms. The molecule has 0 bridgehead atoms. The van der Waals surface area contributed by atoms with Crippen LogP contribution in [0.3, 0.4) is 0 Å². The third-order valence-electron chi connectivity index (χ3n) is 5.31. The second-order valence-corrected chi connectivity index (χ2v) is 7.61. The third-order valence-corrected chi connectivity index (χ3v) is 5.31. The maximum Gasteiger partial charge on any atom is 0.228 e. The van der Waals surface area contributed by atoms with E-state index in [4.69, 9.17) is 0 Å². The highest BCUT2D eigenvalue weighted by molar-refractivity contribution is 6.00. The molecule has 0 spiro atoms. The summed E-state index contributed by atoms with van der Waals surface area (Å²) in [5.41, 5.74) is 2.17. The zero-order valence-electron chi connectivity index (χ0n) is 15.0. The van der Waals surface area contributed by atoms with Gasteiger partial charge >= 0.3 is 0 Å². The first-order chi connectivity index (χ1) is 11.5. The minimum Gasteiger partial charge on any atom is -0.342 e. The van der Waals surface area contributed by atoms with E-state index in [1.54, 1.807) is 4.90 Å². The van der Waals surface area contributed by atoms with Crippen molar-refractivity contribution in [3.8, 4) is 0 Å². The van der Waals surface area contributed by atoms with E-state index in [2.05, 4.69) is 32.9 Å². The largest absolute Gasteiger partial charge is 0.342 e. The Kier molecular flexibility index (Phi) is 4.93. The van der Waals surface area contributed by atoms with E-state index in [0.717, 1.165) is 25.2 Å². The third kappa shape index (κ3) is 3.47. The number of rotatable bonds is 3. The van der Waals surface area contributed by atoms with Gasteiger partial charge in [-0.25, -0.2) is 0 Å². The van der Waals surface area contributed by atoms with Gasteiger partial charge < -0.3 is 9.80 Å². The highest BCUT2D eigenvalue weighted by Crippen LogP contribution is 2.29. The first kappa shape index (κ1) is 17.0. The van der Waals surface area contributed by atoms with Crippen molar-refractivity contribution in [2.75, 3.05) is 24.5 Å². The molecule has 2 aliphatic heterocycles. The van der Waals surface area contributed by atoms with Crippen molar-refractivity contribution in [2.45, 2.75) is 40.0 Å². The molecule has 1 aromatic rings. The molecule has 0 unspecified atom stereocenters. The predicted molar refractivity (Wildman–Crippen MR) is 95.8 cm³/mol. The summed E-state index contributed by atoms with van der Waals surface area (Å²) in [5, 5.41) is 0. The lowest BCUT2D eigenvalue weighted by Crippen LogP contribution is -2.45. The fourth-order valence-electron chi connectivity index (χ4n) is 4.14. The van der Waals surface area contributed by atoms with Crippen molar-refractivity contribution in [3.63, 3.8) is 0 Å². The Hall–Kier alpha value is -1.84. The number of carbonyl (C=O) groups excluding carboxylic acids is 2. The fourth-order valence-corrected chi connectivity index (χ4v) is 4.14. The molecule has 2 amide bonds. The average Bonchev–Trinajstić information content (AvgIpc) is 2.95. The van der Waals surface area contributed by atoms with E-state index in [1.807, 2.05) is 17.0 Å².